The van der Waals surface area contributed by atoms with Gasteiger partial charge >= 0.3 is 0 Å². The van der Waals surface area contributed by atoms with Crippen molar-refractivity contribution in [3.05, 3.63) is 46.4 Å². The van der Waals surface area contributed by atoms with E-state index < -0.39 is 0 Å². The molecule has 0 bridgehead atoms. The molecule has 1 aliphatic rings. The third-order valence-electron chi connectivity index (χ3n) is 5.60. The van der Waals surface area contributed by atoms with Crippen molar-refractivity contribution in [3.63, 3.8) is 0 Å². The van der Waals surface area contributed by atoms with Crippen LogP contribution in [0, 0.1) is 20.8 Å². The number of anilines is 1. The first kappa shape index (κ1) is 21.0. The fraction of sp³-hybridized carbons (Fsp3) is 0.500. The molecule has 1 saturated heterocycles. The molecule has 7 heteroatoms. The molecule has 3 rings (SSSR count). The lowest BCUT2D eigenvalue weighted by Gasteiger charge is -2.22. The zero-order chi connectivity index (χ0) is 21.1. The van der Waals surface area contributed by atoms with Crippen molar-refractivity contribution in [2.45, 2.75) is 39.8 Å². The minimum Gasteiger partial charge on any atom is -0.496 e. The Balaban J connectivity index is 1.72. The molecule has 0 saturated carbocycles. The first-order valence-electron chi connectivity index (χ1n) is 9.99. The largest absolute Gasteiger partial charge is 0.496 e. The number of carbonyl (C=O) groups excluding carboxylic acids is 1. The van der Waals surface area contributed by atoms with Gasteiger partial charge in [0.05, 0.1) is 7.11 Å². The van der Waals surface area contributed by atoms with Crippen LogP contribution in [-0.4, -0.2) is 61.1 Å². The van der Waals surface area contributed by atoms with Crippen LogP contribution in [0.25, 0.3) is 0 Å². The first-order valence-corrected chi connectivity index (χ1v) is 9.99. The molecular weight excluding hydrogens is 366 g/mol. The Hall–Kier alpha value is -2.67. The molecule has 1 aromatic heterocycles. The minimum absolute atomic E-state index is 0.171. The number of amides is 1. The highest BCUT2D eigenvalue weighted by Gasteiger charge is 2.27. The number of nitrogens with one attached hydrogen (secondary N) is 1. The number of methoxy groups -OCH3 is 1. The second kappa shape index (κ2) is 8.78. The molecule has 0 aliphatic carbocycles. The lowest BCUT2D eigenvalue weighted by atomic mass is 10.1. The maximum atomic E-state index is 12.3. The van der Waals surface area contributed by atoms with Gasteiger partial charge in [-0.15, -0.1) is 0 Å². The van der Waals surface area contributed by atoms with Crippen molar-refractivity contribution in [3.8, 4) is 5.75 Å². The Bertz CT molecular complexity index is 897. The van der Waals surface area contributed by atoms with Gasteiger partial charge in [0.2, 0.25) is 5.82 Å². The molecule has 7 nitrogen and oxygen atoms in total. The van der Waals surface area contributed by atoms with Gasteiger partial charge in [-0.1, -0.05) is 12.1 Å². The molecule has 1 fully saturated rings. The molecule has 1 aliphatic heterocycles. The van der Waals surface area contributed by atoms with Crippen LogP contribution in [0.4, 0.5) is 5.82 Å². The number of hydrogen-bond donors (Lipinski definition) is 1. The van der Waals surface area contributed by atoms with Gasteiger partial charge in [-0.05, 0) is 38.8 Å². The van der Waals surface area contributed by atoms with E-state index in [0.29, 0.717) is 6.04 Å². The minimum atomic E-state index is -0.171. The molecule has 2 aromatic rings. The fourth-order valence-electron chi connectivity index (χ4n) is 3.68. The van der Waals surface area contributed by atoms with Crippen LogP contribution < -0.4 is 15.0 Å². The highest BCUT2D eigenvalue weighted by Crippen LogP contribution is 2.26. The summed E-state index contributed by atoms with van der Waals surface area (Å²) in [5.74, 6) is 1.87. The quantitative estimate of drug-likeness (QED) is 0.808. The van der Waals surface area contributed by atoms with Crippen molar-refractivity contribution in [1.82, 2.24) is 20.2 Å². The average Bonchev–Trinajstić information content (AvgIpc) is 3.16. The maximum Gasteiger partial charge on any atom is 0.291 e. The van der Waals surface area contributed by atoms with Gasteiger partial charge in [-0.3, -0.25) is 4.79 Å². The van der Waals surface area contributed by atoms with Crippen molar-refractivity contribution < 1.29 is 9.53 Å². The molecule has 2 heterocycles. The van der Waals surface area contributed by atoms with Crippen molar-refractivity contribution in [2.75, 3.05) is 39.2 Å². The van der Waals surface area contributed by atoms with Crippen molar-refractivity contribution in [2.24, 2.45) is 0 Å². The summed E-state index contributed by atoms with van der Waals surface area (Å²) in [4.78, 5) is 25.1. The third kappa shape index (κ3) is 4.50. The fourth-order valence-corrected chi connectivity index (χ4v) is 3.68. The molecule has 1 aromatic carbocycles. The van der Waals surface area contributed by atoms with Crippen LogP contribution in [0.1, 0.15) is 39.4 Å². The number of rotatable bonds is 6. The van der Waals surface area contributed by atoms with E-state index in [-0.39, 0.29) is 11.7 Å². The number of aryl methyl sites for hydroxylation is 2. The standard InChI is InChI=1S/C22H31N5O2/c1-14-8-7-9-19(29-6)18(14)12-23-17-10-11-27(13-17)21-15(2)16(3)24-20(25-21)22(28)26(4)5/h7-9,17,23H,10-13H2,1-6H3/t17-/m1/s1. The number of ether oxygens (including phenoxy) is 1. The van der Waals surface area contributed by atoms with Gasteiger partial charge in [0, 0.05) is 56.6 Å². The van der Waals surface area contributed by atoms with Crippen LogP contribution in [0.5, 0.6) is 5.75 Å². The summed E-state index contributed by atoms with van der Waals surface area (Å²) in [6, 6.07) is 6.47. The van der Waals surface area contributed by atoms with Crippen LogP contribution in [0.2, 0.25) is 0 Å². The van der Waals surface area contributed by atoms with Crippen molar-refractivity contribution >= 4 is 11.7 Å². The van der Waals surface area contributed by atoms with Gasteiger partial charge in [0.25, 0.3) is 5.91 Å². The van der Waals surface area contributed by atoms with E-state index in [0.717, 1.165) is 48.9 Å². The zero-order valence-corrected chi connectivity index (χ0v) is 18.2. The third-order valence-corrected chi connectivity index (χ3v) is 5.60. The molecule has 1 atom stereocenters. The molecule has 0 radical (unpaired) electrons. The number of benzene rings is 1. The monoisotopic (exact) mass is 397 g/mol. The predicted octanol–water partition coefficient (Wildman–Crippen LogP) is 2.48. The predicted molar refractivity (Wildman–Crippen MR) is 115 cm³/mol. The number of aromatic nitrogens is 2. The second-order valence-electron chi connectivity index (χ2n) is 7.85. The van der Waals surface area contributed by atoms with Gasteiger partial charge < -0.3 is 19.9 Å². The summed E-state index contributed by atoms with van der Waals surface area (Å²) in [6.07, 6.45) is 1.02. The zero-order valence-electron chi connectivity index (χ0n) is 18.2. The maximum absolute atomic E-state index is 12.3. The summed E-state index contributed by atoms with van der Waals surface area (Å²) in [7, 11) is 5.15. The molecular formula is C22H31N5O2. The van der Waals surface area contributed by atoms with E-state index in [9.17, 15) is 4.79 Å². The molecule has 29 heavy (non-hydrogen) atoms. The summed E-state index contributed by atoms with van der Waals surface area (Å²) >= 11 is 0. The number of nitrogens with zero attached hydrogens (tertiary/aromatic N) is 4. The Kier molecular flexibility index (Phi) is 6.37. The molecule has 1 N–H and O–H groups in total. The van der Waals surface area contributed by atoms with E-state index in [2.05, 4.69) is 33.2 Å². The first-order chi connectivity index (χ1) is 13.8. The molecule has 1 amide bonds. The summed E-state index contributed by atoms with van der Waals surface area (Å²) < 4.78 is 5.51. The number of hydrogen-bond acceptors (Lipinski definition) is 6. The SMILES string of the molecule is COc1cccc(C)c1CN[C@@H]1CCN(c2nc(C(=O)N(C)C)nc(C)c2C)C1. The smallest absolute Gasteiger partial charge is 0.291 e. The Morgan fingerprint density at radius 1 is 1.28 bits per heavy atom. The van der Waals surface area contributed by atoms with Crippen LogP contribution in [0.3, 0.4) is 0 Å². The number of carbonyl (C=O) groups is 1. The van der Waals surface area contributed by atoms with Gasteiger partial charge in [-0.2, -0.15) is 0 Å². The average molecular weight is 398 g/mol. The van der Waals surface area contributed by atoms with Gasteiger partial charge in [0.15, 0.2) is 0 Å². The Labute approximate surface area is 173 Å². The van der Waals surface area contributed by atoms with Crippen LogP contribution in [0.15, 0.2) is 18.2 Å². The lowest BCUT2D eigenvalue weighted by molar-refractivity contribution is 0.0815. The molecule has 0 spiro atoms. The highest BCUT2D eigenvalue weighted by molar-refractivity contribution is 5.90. The summed E-state index contributed by atoms with van der Waals surface area (Å²) in [6.45, 7) is 8.57. The molecule has 156 valence electrons. The topological polar surface area (TPSA) is 70.6 Å². The lowest BCUT2D eigenvalue weighted by Crippen LogP contribution is -2.33. The van der Waals surface area contributed by atoms with E-state index in [4.69, 9.17) is 4.74 Å². The summed E-state index contributed by atoms with van der Waals surface area (Å²) in [5.41, 5.74) is 4.30. The normalized spacial score (nSPS) is 16.2. The van der Waals surface area contributed by atoms with Gasteiger partial charge in [-0.25, -0.2) is 9.97 Å². The summed E-state index contributed by atoms with van der Waals surface area (Å²) in [5, 5.41) is 3.66. The van der Waals surface area contributed by atoms with Crippen LogP contribution in [-0.2, 0) is 6.54 Å². The Morgan fingerprint density at radius 2 is 2.03 bits per heavy atom. The van der Waals surface area contributed by atoms with E-state index in [1.807, 2.05) is 26.0 Å². The van der Waals surface area contributed by atoms with E-state index in [1.165, 1.54) is 16.0 Å². The Morgan fingerprint density at radius 3 is 2.72 bits per heavy atom. The van der Waals surface area contributed by atoms with E-state index >= 15 is 0 Å². The highest BCUT2D eigenvalue weighted by atomic mass is 16.5. The van der Waals surface area contributed by atoms with Crippen molar-refractivity contribution in [1.29, 1.82) is 0 Å². The second-order valence-corrected chi connectivity index (χ2v) is 7.85. The molecule has 0 unspecified atom stereocenters. The van der Waals surface area contributed by atoms with Crippen LogP contribution >= 0.6 is 0 Å². The van der Waals surface area contributed by atoms with E-state index in [1.54, 1.807) is 21.2 Å². The van der Waals surface area contributed by atoms with Gasteiger partial charge in [0.1, 0.15) is 11.6 Å².